The van der Waals surface area contributed by atoms with Crippen molar-refractivity contribution >= 4 is 0 Å². The summed E-state index contributed by atoms with van der Waals surface area (Å²) in [6.45, 7) is 1.52. The highest BCUT2D eigenvalue weighted by Crippen LogP contribution is 2.24. The van der Waals surface area contributed by atoms with Crippen LogP contribution in [0, 0.1) is 0 Å². The van der Waals surface area contributed by atoms with E-state index in [0.29, 0.717) is 6.61 Å². The van der Waals surface area contributed by atoms with Crippen molar-refractivity contribution in [2.75, 3.05) is 13.2 Å². The second-order valence-electron chi connectivity index (χ2n) is 3.16. The Labute approximate surface area is 81.7 Å². The molecule has 0 saturated carbocycles. The normalized spacial score (nSPS) is 40.1. The molecule has 4 N–H and O–H groups in total. The summed E-state index contributed by atoms with van der Waals surface area (Å²) in [5, 5.41) is 36.7. The Morgan fingerprint density at radius 2 is 2.00 bits per heavy atom. The topological polar surface area (TPSA) is 99.4 Å². The highest BCUT2D eigenvalue weighted by atomic mass is 16.7. The third-order valence-corrected chi connectivity index (χ3v) is 2.15. The molecule has 0 aromatic heterocycles. The van der Waals surface area contributed by atoms with Crippen LogP contribution in [0.3, 0.4) is 0 Å². The maximum atomic E-state index is 9.43. The van der Waals surface area contributed by atoms with E-state index in [4.69, 9.17) is 14.6 Å². The largest absolute Gasteiger partial charge is 0.394 e. The smallest absolute Gasteiger partial charge is 0.186 e. The van der Waals surface area contributed by atoms with Crippen molar-refractivity contribution < 1.29 is 29.9 Å². The van der Waals surface area contributed by atoms with Crippen molar-refractivity contribution in [2.24, 2.45) is 0 Å². The Morgan fingerprint density at radius 1 is 1.36 bits per heavy atom. The molecular formula is C8H16O6. The molecule has 0 aromatic carbocycles. The van der Waals surface area contributed by atoms with Crippen LogP contribution in [0.1, 0.15) is 6.92 Å². The molecule has 0 aromatic rings. The van der Waals surface area contributed by atoms with Crippen molar-refractivity contribution in [3.63, 3.8) is 0 Å². The van der Waals surface area contributed by atoms with Gasteiger partial charge in [-0.2, -0.15) is 0 Å². The van der Waals surface area contributed by atoms with Crippen molar-refractivity contribution in [1.29, 1.82) is 0 Å². The fraction of sp³-hybridized carbons (Fsp3) is 1.00. The Kier molecular flexibility index (Phi) is 4.24. The number of aliphatic hydroxyl groups is 4. The van der Waals surface area contributed by atoms with Crippen LogP contribution in [0.5, 0.6) is 0 Å². The van der Waals surface area contributed by atoms with Crippen LogP contribution in [0.15, 0.2) is 0 Å². The average Bonchev–Trinajstić information content (AvgIpc) is 2.46. The number of aliphatic hydroxyl groups excluding tert-OH is 4. The van der Waals surface area contributed by atoms with Gasteiger partial charge in [-0.25, -0.2) is 0 Å². The minimum absolute atomic E-state index is 0.330. The molecule has 1 saturated heterocycles. The van der Waals surface area contributed by atoms with E-state index in [-0.39, 0.29) is 0 Å². The summed E-state index contributed by atoms with van der Waals surface area (Å²) in [6.07, 6.45) is -5.60. The van der Waals surface area contributed by atoms with Gasteiger partial charge in [-0.3, -0.25) is 0 Å². The lowest BCUT2D eigenvalue weighted by atomic mass is 10.1. The molecule has 1 fully saturated rings. The van der Waals surface area contributed by atoms with E-state index in [1.54, 1.807) is 6.92 Å². The van der Waals surface area contributed by atoms with Crippen LogP contribution in [-0.4, -0.2) is 64.3 Å². The van der Waals surface area contributed by atoms with Gasteiger partial charge in [0, 0.05) is 6.61 Å². The van der Waals surface area contributed by atoms with Crippen LogP contribution < -0.4 is 0 Å². The minimum Gasteiger partial charge on any atom is -0.394 e. The number of hydrogen-bond donors (Lipinski definition) is 4. The first-order chi connectivity index (χ1) is 6.61. The molecule has 0 spiro atoms. The second kappa shape index (κ2) is 5.01. The van der Waals surface area contributed by atoms with E-state index >= 15 is 0 Å². The first-order valence-electron chi connectivity index (χ1n) is 4.54. The molecule has 6 heteroatoms. The Balaban J connectivity index is 2.57. The molecule has 1 rings (SSSR count). The molecule has 0 radical (unpaired) electrons. The van der Waals surface area contributed by atoms with Gasteiger partial charge in [0.1, 0.15) is 24.4 Å². The zero-order valence-electron chi connectivity index (χ0n) is 7.91. The van der Waals surface area contributed by atoms with Crippen LogP contribution in [0.25, 0.3) is 0 Å². The summed E-state index contributed by atoms with van der Waals surface area (Å²) in [5.74, 6) is 0. The van der Waals surface area contributed by atoms with Crippen LogP contribution in [0.2, 0.25) is 0 Å². The molecule has 1 aliphatic rings. The van der Waals surface area contributed by atoms with Gasteiger partial charge in [0.2, 0.25) is 0 Å². The zero-order chi connectivity index (χ0) is 10.7. The van der Waals surface area contributed by atoms with E-state index in [1.807, 2.05) is 0 Å². The first-order valence-corrected chi connectivity index (χ1v) is 4.54. The quantitative estimate of drug-likeness (QED) is 0.419. The summed E-state index contributed by atoms with van der Waals surface area (Å²) in [5.41, 5.74) is 0. The number of rotatable bonds is 4. The maximum absolute atomic E-state index is 9.43. The van der Waals surface area contributed by atoms with Gasteiger partial charge in [-0.15, -0.1) is 0 Å². The lowest BCUT2D eigenvalue weighted by molar-refractivity contribution is -0.178. The molecule has 0 amide bonds. The van der Waals surface area contributed by atoms with Gasteiger partial charge in [-0.05, 0) is 6.92 Å². The van der Waals surface area contributed by atoms with Crippen molar-refractivity contribution in [2.45, 2.75) is 37.6 Å². The summed E-state index contributed by atoms with van der Waals surface area (Å²) < 4.78 is 10.0. The van der Waals surface area contributed by atoms with Crippen LogP contribution in [0.4, 0.5) is 0 Å². The monoisotopic (exact) mass is 208 g/mol. The van der Waals surface area contributed by atoms with Gasteiger partial charge in [0.25, 0.3) is 0 Å². The molecule has 0 aliphatic carbocycles. The second-order valence-corrected chi connectivity index (χ2v) is 3.16. The molecule has 1 aliphatic heterocycles. The van der Waals surface area contributed by atoms with Crippen molar-refractivity contribution in [3.8, 4) is 0 Å². The highest BCUT2D eigenvalue weighted by molar-refractivity contribution is 4.90. The van der Waals surface area contributed by atoms with Gasteiger partial charge >= 0.3 is 0 Å². The maximum Gasteiger partial charge on any atom is 0.186 e. The molecule has 84 valence electrons. The fourth-order valence-electron chi connectivity index (χ4n) is 1.40. The molecule has 0 bridgehead atoms. The molecule has 14 heavy (non-hydrogen) atoms. The van der Waals surface area contributed by atoms with Gasteiger partial charge in [0.15, 0.2) is 6.29 Å². The fourth-order valence-corrected chi connectivity index (χ4v) is 1.40. The van der Waals surface area contributed by atoms with Gasteiger partial charge in [-0.1, -0.05) is 0 Å². The standard InChI is InChI=1S/C8H16O6/c1-2-13-8-6(12)5(11)7(14-8)4(10)3-9/h4-12H,2-3H2,1H3/t4-,5+,6+,7-,8-/m0/s1. The number of ether oxygens (including phenoxy) is 2. The Hall–Kier alpha value is -0.240. The third kappa shape index (κ3) is 2.22. The average molecular weight is 208 g/mol. The third-order valence-electron chi connectivity index (χ3n) is 2.15. The lowest BCUT2D eigenvalue weighted by Crippen LogP contribution is -2.40. The SMILES string of the molecule is CCO[C@H]1O[C@@H]([C@@H](O)CO)[C@H](O)[C@H]1O. The number of hydrogen-bond acceptors (Lipinski definition) is 6. The van der Waals surface area contributed by atoms with Crippen LogP contribution >= 0.6 is 0 Å². The molecule has 1 heterocycles. The summed E-state index contributed by atoms with van der Waals surface area (Å²) in [6, 6.07) is 0. The Morgan fingerprint density at radius 3 is 2.50 bits per heavy atom. The molecule has 5 atom stereocenters. The molecule has 6 nitrogen and oxygen atoms in total. The Bertz CT molecular complexity index is 173. The predicted molar refractivity (Wildman–Crippen MR) is 45.4 cm³/mol. The summed E-state index contributed by atoms with van der Waals surface area (Å²) in [4.78, 5) is 0. The highest BCUT2D eigenvalue weighted by Gasteiger charge is 2.46. The summed E-state index contributed by atoms with van der Waals surface area (Å²) in [7, 11) is 0. The summed E-state index contributed by atoms with van der Waals surface area (Å²) >= 11 is 0. The minimum atomic E-state index is -1.24. The molecular weight excluding hydrogens is 192 g/mol. The van der Waals surface area contributed by atoms with Gasteiger partial charge < -0.3 is 29.9 Å². The van der Waals surface area contributed by atoms with Crippen molar-refractivity contribution in [1.82, 2.24) is 0 Å². The van der Waals surface area contributed by atoms with E-state index in [0.717, 1.165) is 0 Å². The van der Waals surface area contributed by atoms with E-state index in [1.165, 1.54) is 0 Å². The first kappa shape index (κ1) is 11.8. The van der Waals surface area contributed by atoms with Crippen molar-refractivity contribution in [3.05, 3.63) is 0 Å². The molecule has 0 unspecified atom stereocenters. The van der Waals surface area contributed by atoms with E-state index < -0.39 is 37.3 Å². The zero-order valence-corrected chi connectivity index (χ0v) is 7.91. The van der Waals surface area contributed by atoms with Gasteiger partial charge in [0.05, 0.1) is 6.61 Å². The van der Waals surface area contributed by atoms with E-state index in [2.05, 4.69) is 0 Å². The van der Waals surface area contributed by atoms with E-state index in [9.17, 15) is 15.3 Å². The van der Waals surface area contributed by atoms with Crippen LogP contribution in [-0.2, 0) is 9.47 Å². The predicted octanol–water partition coefficient (Wildman–Crippen LogP) is -2.18. The lowest BCUT2D eigenvalue weighted by Gasteiger charge is -2.18.